The molecule has 1 heterocycles. The molecule has 2 rings (SSSR count). The summed E-state index contributed by atoms with van der Waals surface area (Å²) in [4.78, 5) is 14.0. The van der Waals surface area contributed by atoms with Crippen molar-refractivity contribution in [3.8, 4) is 0 Å². The van der Waals surface area contributed by atoms with Gasteiger partial charge in [-0.25, -0.2) is 0 Å². The molecule has 1 fully saturated rings. The number of benzene rings is 1. The Bertz CT molecular complexity index is 431. The first-order valence-corrected chi connectivity index (χ1v) is 6.28. The molecule has 0 bridgehead atoms. The summed E-state index contributed by atoms with van der Waals surface area (Å²) in [6.45, 7) is 1.80. The van der Waals surface area contributed by atoms with Crippen molar-refractivity contribution < 1.29 is 4.79 Å². The van der Waals surface area contributed by atoms with E-state index in [1.165, 1.54) is 0 Å². The summed E-state index contributed by atoms with van der Waals surface area (Å²) in [5, 5.41) is 4.18. The largest absolute Gasteiger partial charge is 0.337 e. The van der Waals surface area contributed by atoms with E-state index in [2.05, 4.69) is 5.32 Å². The number of hydrogen-bond acceptors (Lipinski definition) is 2. The molecule has 1 aliphatic heterocycles. The number of likely N-dealkylation sites (N-methyl/N-ethyl adjacent to an activating group) is 1. The summed E-state index contributed by atoms with van der Waals surface area (Å²) < 4.78 is 0. The molecule has 3 nitrogen and oxygen atoms in total. The summed E-state index contributed by atoms with van der Waals surface area (Å²) in [7, 11) is 1.81. The number of halogens is 2. The topological polar surface area (TPSA) is 32.3 Å². The molecule has 0 saturated carbocycles. The van der Waals surface area contributed by atoms with Crippen LogP contribution in [0.25, 0.3) is 0 Å². The molecular formula is C12H14Cl2N2O. The van der Waals surface area contributed by atoms with Crippen LogP contribution in [0, 0.1) is 0 Å². The van der Waals surface area contributed by atoms with Crippen LogP contribution in [0.5, 0.6) is 0 Å². The molecule has 0 radical (unpaired) electrons. The molecular weight excluding hydrogens is 259 g/mol. The zero-order valence-corrected chi connectivity index (χ0v) is 11.1. The maximum absolute atomic E-state index is 12.2. The van der Waals surface area contributed by atoms with E-state index >= 15 is 0 Å². The van der Waals surface area contributed by atoms with Gasteiger partial charge >= 0.3 is 0 Å². The van der Waals surface area contributed by atoms with Crippen LogP contribution >= 0.6 is 23.2 Å². The molecule has 17 heavy (non-hydrogen) atoms. The monoisotopic (exact) mass is 272 g/mol. The minimum atomic E-state index is -0.0552. The molecule has 92 valence electrons. The minimum absolute atomic E-state index is 0.0552. The third-order valence-corrected chi connectivity index (χ3v) is 3.61. The van der Waals surface area contributed by atoms with Gasteiger partial charge in [-0.05, 0) is 31.2 Å². The normalized spacial score (nSPS) is 19.4. The second-order valence-corrected chi connectivity index (χ2v) is 5.03. The predicted octanol–water partition coefficient (Wildman–Crippen LogP) is 2.43. The average molecular weight is 273 g/mol. The highest BCUT2D eigenvalue weighted by Crippen LogP contribution is 2.23. The Morgan fingerprint density at radius 2 is 2.24 bits per heavy atom. The van der Waals surface area contributed by atoms with Gasteiger partial charge in [0.2, 0.25) is 0 Å². The number of carbonyl (C=O) groups is 1. The van der Waals surface area contributed by atoms with Gasteiger partial charge in [-0.15, -0.1) is 0 Å². The van der Waals surface area contributed by atoms with Gasteiger partial charge in [0.05, 0.1) is 10.6 Å². The van der Waals surface area contributed by atoms with Crippen molar-refractivity contribution in [3.63, 3.8) is 0 Å². The van der Waals surface area contributed by atoms with Gasteiger partial charge in [-0.1, -0.05) is 23.2 Å². The third kappa shape index (κ3) is 2.73. The smallest absolute Gasteiger partial charge is 0.255 e. The van der Waals surface area contributed by atoms with Crippen LogP contribution in [-0.2, 0) is 0 Å². The van der Waals surface area contributed by atoms with Crippen LogP contribution in [0.2, 0.25) is 10.0 Å². The van der Waals surface area contributed by atoms with Crippen molar-refractivity contribution in [2.75, 3.05) is 20.1 Å². The van der Waals surface area contributed by atoms with Crippen LogP contribution in [0.4, 0.5) is 0 Å². The zero-order chi connectivity index (χ0) is 12.4. The molecule has 1 aromatic rings. The molecule has 1 atom stereocenters. The van der Waals surface area contributed by atoms with E-state index in [-0.39, 0.29) is 11.9 Å². The lowest BCUT2D eigenvalue weighted by molar-refractivity contribution is 0.0744. The van der Waals surface area contributed by atoms with E-state index in [0.29, 0.717) is 15.6 Å². The fourth-order valence-corrected chi connectivity index (χ4v) is 2.48. The zero-order valence-electron chi connectivity index (χ0n) is 9.54. The third-order valence-electron chi connectivity index (χ3n) is 3.06. The molecule has 1 amide bonds. The highest BCUT2D eigenvalue weighted by atomic mass is 35.5. The Balaban J connectivity index is 2.18. The summed E-state index contributed by atoms with van der Waals surface area (Å²) in [5.41, 5.74) is 0.505. The van der Waals surface area contributed by atoms with E-state index in [1.807, 2.05) is 7.05 Å². The van der Waals surface area contributed by atoms with Crippen molar-refractivity contribution in [3.05, 3.63) is 33.8 Å². The van der Waals surface area contributed by atoms with Crippen LogP contribution in [-0.4, -0.2) is 37.0 Å². The molecule has 1 aromatic carbocycles. The number of nitrogens with zero attached hydrogens (tertiary/aromatic N) is 1. The quantitative estimate of drug-likeness (QED) is 0.897. The Kier molecular flexibility index (Phi) is 3.92. The first-order valence-electron chi connectivity index (χ1n) is 5.52. The number of amides is 1. The summed E-state index contributed by atoms with van der Waals surface area (Å²) >= 11 is 11.8. The summed E-state index contributed by atoms with van der Waals surface area (Å²) in [6, 6.07) is 5.19. The van der Waals surface area contributed by atoms with E-state index in [0.717, 1.165) is 19.5 Å². The minimum Gasteiger partial charge on any atom is -0.337 e. The molecule has 0 aliphatic carbocycles. The van der Waals surface area contributed by atoms with Gasteiger partial charge in [-0.2, -0.15) is 0 Å². The maximum atomic E-state index is 12.2. The van der Waals surface area contributed by atoms with E-state index in [9.17, 15) is 4.79 Å². The first-order chi connectivity index (χ1) is 8.09. The lowest BCUT2D eigenvalue weighted by Crippen LogP contribution is -2.38. The van der Waals surface area contributed by atoms with Crippen LogP contribution in [0.1, 0.15) is 16.8 Å². The summed E-state index contributed by atoms with van der Waals surface area (Å²) in [6.07, 6.45) is 0.980. The second kappa shape index (κ2) is 5.25. The Morgan fingerprint density at radius 3 is 2.82 bits per heavy atom. The van der Waals surface area contributed by atoms with Gasteiger partial charge in [-0.3, -0.25) is 4.79 Å². The number of rotatable bonds is 2. The van der Waals surface area contributed by atoms with Gasteiger partial charge in [0.15, 0.2) is 0 Å². The number of carbonyl (C=O) groups excluding carboxylic acids is 1. The van der Waals surface area contributed by atoms with Crippen LogP contribution < -0.4 is 5.32 Å². The summed E-state index contributed by atoms with van der Waals surface area (Å²) in [5.74, 6) is -0.0552. The fraction of sp³-hybridized carbons (Fsp3) is 0.417. The molecule has 1 N–H and O–H groups in total. The fourth-order valence-electron chi connectivity index (χ4n) is 1.99. The first kappa shape index (κ1) is 12.7. The standard InChI is InChI=1S/C12H14Cl2N2O/c1-16(9-4-5-15-7-9)12(17)10-3-2-8(13)6-11(10)14/h2-3,6,9,15H,4-5,7H2,1H3. The van der Waals surface area contributed by atoms with Gasteiger partial charge in [0.1, 0.15) is 0 Å². The van der Waals surface area contributed by atoms with Crippen molar-refractivity contribution >= 4 is 29.1 Å². The molecule has 1 saturated heterocycles. The van der Waals surface area contributed by atoms with Crippen molar-refractivity contribution in [2.24, 2.45) is 0 Å². The van der Waals surface area contributed by atoms with Crippen LogP contribution in [0.15, 0.2) is 18.2 Å². The van der Waals surface area contributed by atoms with E-state index < -0.39 is 0 Å². The lowest BCUT2D eigenvalue weighted by atomic mass is 10.1. The Labute approximate surface area is 111 Å². The lowest BCUT2D eigenvalue weighted by Gasteiger charge is -2.24. The van der Waals surface area contributed by atoms with E-state index in [1.54, 1.807) is 23.1 Å². The highest BCUT2D eigenvalue weighted by Gasteiger charge is 2.25. The van der Waals surface area contributed by atoms with Gasteiger partial charge in [0, 0.05) is 24.7 Å². The average Bonchev–Trinajstić information content (AvgIpc) is 2.80. The molecule has 1 aliphatic rings. The van der Waals surface area contributed by atoms with Crippen molar-refractivity contribution in [1.29, 1.82) is 0 Å². The highest BCUT2D eigenvalue weighted by molar-refractivity contribution is 6.36. The second-order valence-electron chi connectivity index (χ2n) is 4.19. The Morgan fingerprint density at radius 1 is 1.47 bits per heavy atom. The maximum Gasteiger partial charge on any atom is 0.255 e. The van der Waals surface area contributed by atoms with Crippen molar-refractivity contribution in [1.82, 2.24) is 10.2 Å². The van der Waals surface area contributed by atoms with Gasteiger partial charge in [0.25, 0.3) is 5.91 Å². The molecule has 0 spiro atoms. The van der Waals surface area contributed by atoms with E-state index in [4.69, 9.17) is 23.2 Å². The molecule has 0 aromatic heterocycles. The van der Waals surface area contributed by atoms with Crippen molar-refractivity contribution in [2.45, 2.75) is 12.5 Å². The van der Waals surface area contributed by atoms with Crippen LogP contribution in [0.3, 0.4) is 0 Å². The molecule has 5 heteroatoms. The number of nitrogens with one attached hydrogen (secondary N) is 1. The Hall–Kier alpha value is -0.770. The molecule has 1 unspecified atom stereocenters. The van der Waals surface area contributed by atoms with Gasteiger partial charge < -0.3 is 10.2 Å². The SMILES string of the molecule is CN(C(=O)c1ccc(Cl)cc1Cl)C1CCNC1. The predicted molar refractivity (Wildman–Crippen MR) is 69.8 cm³/mol. The number of hydrogen-bond donors (Lipinski definition) is 1.